The third-order valence-corrected chi connectivity index (χ3v) is 45.0. The van der Waals surface area contributed by atoms with Crippen LogP contribution in [0.1, 0.15) is 58.3 Å². The highest BCUT2D eigenvalue weighted by atomic mass is 28.6. The van der Waals surface area contributed by atoms with E-state index in [0.29, 0.717) is 6.61 Å². The molecule has 0 saturated carbocycles. The summed E-state index contributed by atoms with van der Waals surface area (Å²) in [5, 5.41) is 2.08. The van der Waals surface area contributed by atoms with Gasteiger partial charge in [0.25, 0.3) is 17.8 Å². The standard InChI is InChI=1S/C30H47F9O13Si4.C23H40FNO14Si4.C7H11F5O2.CF4/c1-8-24(40)43-14-17-46-54(5)49-53(4,20-12-11-13-27(31,32)21-28(33,34)22-29(35,36)23-30(37,38)39)50-55(6,47-18-15-44-25(41)9-2)52-56(7,51-54)48-19-16-45-26(42)10-3;1-8-20(26)30-13-16-33-41(5)36-40(4,19-11-12-25-23(24)29)37-42(6,34-17-14-31-21(27)9-2)39-43(7,38-41)35-18-15-32-22(28)10-3;1-2-13-3-4-14-7(11,12)5-6(8,9)10;2-1(3,4)5/h8-10H,1-3,11-23H2,4-7H3;8-10H,1-3,11-19H2,4-7H3,(H,25,29);2-5H2,1H3;. The molecule has 686 valence electrons. The van der Waals surface area contributed by atoms with E-state index in [1.807, 2.05) is 0 Å². The lowest BCUT2D eigenvalue weighted by molar-refractivity contribution is -0.295. The molecule has 0 spiro atoms. The molecule has 1 N–H and O–H groups in total. The summed E-state index contributed by atoms with van der Waals surface area (Å²) in [6.45, 7) is 30.6. The van der Waals surface area contributed by atoms with Crippen LogP contribution in [0.25, 0.3) is 0 Å². The van der Waals surface area contributed by atoms with Gasteiger partial charge in [-0.25, -0.2) is 59.9 Å². The Kier molecular flexibility index (Phi) is 51.3. The van der Waals surface area contributed by atoms with E-state index in [1.54, 1.807) is 33.1 Å². The summed E-state index contributed by atoms with van der Waals surface area (Å²) in [4.78, 5) is 79.8. The molecule has 2 heterocycles. The summed E-state index contributed by atoms with van der Waals surface area (Å²) in [6.07, 6.45) is -28.1. The predicted octanol–water partition coefficient (Wildman–Crippen LogP) is 13.1. The van der Waals surface area contributed by atoms with Crippen LogP contribution < -0.4 is 5.32 Å². The molecule has 4 atom stereocenters. The van der Waals surface area contributed by atoms with E-state index in [9.17, 15) is 117 Å². The summed E-state index contributed by atoms with van der Waals surface area (Å²) >= 11 is 0. The highest BCUT2D eigenvalue weighted by Gasteiger charge is 2.64. The van der Waals surface area contributed by atoms with Crippen LogP contribution >= 0.6 is 0 Å². The van der Waals surface area contributed by atoms with Gasteiger partial charge in [-0.1, -0.05) is 45.9 Å². The van der Waals surface area contributed by atoms with Gasteiger partial charge < -0.3 is 103 Å². The van der Waals surface area contributed by atoms with Crippen molar-refractivity contribution in [2.24, 2.45) is 0 Å². The summed E-state index contributed by atoms with van der Waals surface area (Å²) in [5.74, 6) is -18.3. The van der Waals surface area contributed by atoms with Crippen molar-refractivity contribution in [3.63, 3.8) is 0 Å². The molecular formula is C61H98F19NO29Si8. The van der Waals surface area contributed by atoms with Gasteiger partial charge in [-0.3, -0.25) is 0 Å². The molecule has 0 radical (unpaired) electrons. The van der Waals surface area contributed by atoms with E-state index in [2.05, 4.69) is 54.3 Å². The van der Waals surface area contributed by atoms with Gasteiger partial charge in [-0.05, 0) is 44.9 Å². The molecule has 0 aromatic heterocycles. The first kappa shape index (κ1) is 115. The fourth-order valence-corrected chi connectivity index (χ4v) is 46.1. The number of nitrogens with one attached hydrogen (secondary N) is 1. The Bertz CT molecular complexity index is 3050. The number of esters is 6. The Labute approximate surface area is 676 Å². The van der Waals surface area contributed by atoms with Crippen LogP contribution in [0.4, 0.5) is 88.2 Å². The molecule has 30 nitrogen and oxygen atoms in total. The molecule has 118 heavy (non-hydrogen) atoms. The Morgan fingerprint density at radius 3 is 0.847 bits per heavy atom. The van der Waals surface area contributed by atoms with Gasteiger partial charge in [0.1, 0.15) is 52.5 Å². The number of halogens is 19. The molecule has 1 amide bonds. The van der Waals surface area contributed by atoms with Crippen LogP contribution in [-0.2, 0) is 126 Å². The number of alkyl halides is 18. The largest absolute Gasteiger partial charge is 0.559 e. The summed E-state index contributed by atoms with van der Waals surface area (Å²) in [7, 11) is -30.6. The second-order valence-electron chi connectivity index (χ2n) is 24.7. The third kappa shape index (κ3) is 58.5. The van der Waals surface area contributed by atoms with Gasteiger partial charge in [-0.15, -0.1) is 22.0 Å². The van der Waals surface area contributed by atoms with Crippen LogP contribution in [0.15, 0.2) is 75.9 Å². The maximum Gasteiger partial charge on any atom is 0.559 e. The maximum absolute atomic E-state index is 14.7. The van der Waals surface area contributed by atoms with E-state index in [0.717, 1.165) is 36.5 Å². The van der Waals surface area contributed by atoms with Crippen LogP contribution in [0.2, 0.25) is 64.5 Å². The van der Waals surface area contributed by atoms with E-state index < -0.39 is 200 Å². The van der Waals surface area contributed by atoms with Crippen molar-refractivity contribution in [1.82, 2.24) is 5.32 Å². The average Bonchev–Trinajstić information content (AvgIpc) is 0.770. The fraction of sp³-hybridized carbons (Fsp3) is 0.689. The molecular weight excluding hydrogens is 1800 g/mol. The number of rotatable bonds is 50. The Balaban J connectivity index is 0. The maximum atomic E-state index is 14.7. The van der Waals surface area contributed by atoms with Crippen LogP contribution in [-0.4, -0.2) is 260 Å². The number of amides is 1. The van der Waals surface area contributed by atoms with Crippen LogP contribution in [0.3, 0.4) is 0 Å². The first-order valence-corrected chi connectivity index (χ1v) is 53.0. The van der Waals surface area contributed by atoms with Crippen LogP contribution in [0, 0.1) is 0 Å². The second-order valence-corrected chi connectivity index (χ2v) is 48.9. The van der Waals surface area contributed by atoms with Gasteiger partial charge in [0, 0.05) is 95.3 Å². The molecule has 2 fully saturated rings. The zero-order chi connectivity index (χ0) is 91.4. The van der Waals surface area contributed by atoms with Crippen molar-refractivity contribution >= 4 is 112 Å². The number of carbonyl (C=O) groups excluding carboxylic acids is 7. The average molecular weight is 1900 g/mol. The van der Waals surface area contributed by atoms with Gasteiger partial charge in [-0.2, -0.15) is 35.1 Å². The molecule has 0 aliphatic carbocycles. The summed E-state index contributed by atoms with van der Waals surface area (Å²) < 4.78 is 358. The minimum absolute atomic E-state index is 0.00136. The molecule has 2 saturated heterocycles. The van der Waals surface area contributed by atoms with Crippen LogP contribution in [0.5, 0.6) is 0 Å². The first-order chi connectivity index (χ1) is 53.9. The molecule has 57 heteroatoms. The minimum atomic E-state index is -5.50. The van der Waals surface area contributed by atoms with Crippen molar-refractivity contribution in [1.29, 1.82) is 0 Å². The quantitative estimate of drug-likeness (QED) is 0.00864. The van der Waals surface area contributed by atoms with Crippen molar-refractivity contribution in [2.75, 3.05) is 106 Å². The van der Waals surface area contributed by atoms with Crippen molar-refractivity contribution in [3.8, 4) is 0 Å². The smallest absolute Gasteiger partial charge is 0.460 e. The molecule has 2 rings (SSSR count). The Morgan fingerprint density at radius 1 is 0.339 bits per heavy atom. The molecule has 2 aliphatic heterocycles. The van der Waals surface area contributed by atoms with E-state index in [4.69, 9.17) is 87.9 Å². The third-order valence-electron chi connectivity index (χ3n) is 13.4. The van der Waals surface area contributed by atoms with E-state index >= 15 is 0 Å². The molecule has 0 aromatic carbocycles. The monoisotopic (exact) mass is 1890 g/mol. The highest BCUT2D eigenvalue weighted by molar-refractivity contribution is 6.90. The lowest BCUT2D eigenvalue weighted by Crippen LogP contribution is -2.70. The molecule has 4 unspecified atom stereocenters. The van der Waals surface area contributed by atoms with Crippen molar-refractivity contribution < 1.29 is 214 Å². The highest BCUT2D eigenvalue weighted by Crippen LogP contribution is 2.45. The van der Waals surface area contributed by atoms with Gasteiger partial charge in [0.2, 0.25) is 0 Å². The second kappa shape index (κ2) is 52.8. The number of carbonyl (C=O) groups is 7. The lowest BCUT2D eigenvalue weighted by Gasteiger charge is -2.47. The van der Waals surface area contributed by atoms with E-state index in [-0.39, 0.29) is 117 Å². The predicted molar refractivity (Wildman–Crippen MR) is 387 cm³/mol. The van der Waals surface area contributed by atoms with Crippen molar-refractivity contribution in [2.45, 2.75) is 165 Å². The zero-order valence-electron chi connectivity index (χ0n) is 65.6. The first-order valence-electron chi connectivity index (χ1n) is 34.7. The molecule has 0 aromatic rings. The number of unbranched alkanes of at least 4 members (excludes halogenated alkanes) is 1. The fourth-order valence-electron chi connectivity index (χ4n) is 9.58. The number of hydrogen-bond donors (Lipinski definition) is 1. The summed E-state index contributed by atoms with van der Waals surface area (Å²) in [6, 6.07) is 0.0483. The van der Waals surface area contributed by atoms with Crippen molar-refractivity contribution in [3.05, 3.63) is 75.9 Å². The minimum Gasteiger partial charge on any atom is -0.460 e. The number of hydrogen-bond acceptors (Lipinski definition) is 29. The van der Waals surface area contributed by atoms with Gasteiger partial charge in [0.15, 0.2) is 0 Å². The Hall–Kier alpha value is -5.50. The normalized spacial score (nSPS) is 23.8. The topological polar surface area (TPSA) is 335 Å². The van der Waals surface area contributed by atoms with E-state index in [1.165, 1.54) is 26.2 Å². The zero-order valence-corrected chi connectivity index (χ0v) is 73.6. The molecule has 0 bridgehead atoms. The SMILES string of the molecule is C=CC(=O)OCCO[Si]1(C)O[Si](C)(CCCCC(F)(F)CC(F)(F)CC(F)(F)CC(F)(F)F)O[Si](C)(OCCOC(=O)C=C)O[Si](C)(OCCOC(=O)C=C)O1.C=CC(=O)OCCO[Si]1(C)O[Si](C)(CCCNC(=O)F)O[Si](C)(OCCOC(=O)C=C)O[Si](C)(OCCOC(=O)C=C)O1.CCOCCOC(F)(F)CC(F)(F)F.FC(F)(F)F. The number of ether oxygens (including phenoxy) is 8. The van der Waals surface area contributed by atoms with Gasteiger partial charge >= 0.3 is 137 Å². The molecule has 2 aliphatic rings. The lowest BCUT2D eigenvalue weighted by atomic mass is 9.98. The Morgan fingerprint density at radius 2 is 0.593 bits per heavy atom. The summed E-state index contributed by atoms with van der Waals surface area (Å²) in [5.41, 5.74) is 0. The van der Waals surface area contributed by atoms with Gasteiger partial charge in [0.05, 0.1) is 65.7 Å².